The van der Waals surface area contributed by atoms with Crippen molar-refractivity contribution in [1.29, 1.82) is 0 Å². The first-order chi connectivity index (χ1) is 8.88. The Morgan fingerprint density at radius 3 is 3.00 bits per heavy atom. The Balaban J connectivity index is 1.65. The van der Waals surface area contributed by atoms with Gasteiger partial charge in [-0.15, -0.1) is 0 Å². The van der Waals surface area contributed by atoms with Gasteiger partial charge in [0.15, 0.2) is 0 Å². The fourth-order valence-electron chi connectivity index (χ4n) is 1.99. The van der Waals surface area contributed by atoms with Crippen molar-refractivity contribution in [3.05, 3.63) is 18.2 Å². The Kier molecular flexibility index (Phi) is 5.23. The third-order valence-electron chi connectivity index (χ3n) is 2.98. The lowest BCUT2D eigenvalue weighted by molar-refractivity contribution is 0.0394. The third-order valence-corrected chi connectivity index (χ3v) is 2.98. The van der Waals surface area contributed by atoms with Crippen LogP contribution in [0.15, 0.2) is 18.2 Å². The van der Waals surface area contributed by atoms with E-state index in [4.69, 9.17) is 9.47 Å². The van der Waals surface area contributed by atoms with Gasteiger partial charge >= 0.3 is 0 Å². The van der Waals surface area contributed by atoms with Crippen molar-refractivity contribution in [3.63, 3.8) is 0 Å². The van der Waals surface area contributed by atoms with Gasteiger partial charge in [-0.25, -0.2) is 0 Å². The average Bonchev–Trinajstić information content (AvgIpc) is 2.45. The minimum Gasteiger partial charge on any atom is -0.481 e. The van der Waals surface area contributed by atoms with E-state index in [2.05, 4.69) is 15.6 Å². The summed E-state index contributed by atoms with van der Waals surface area (Å²) in [6.07, 6.45) is 2.63. The highest BCUT2D eigenvalue weighted by Gasteiger charge is 2.12. The van der Waals surface area contributed by atoms with Crippen LogP contribution in [0.3, 0.4) is 0 Å². The predicted molar refractivity (Wildman–Crippen MR) is 71.1 cm³/mol. The summed E-state index contributed by atoms with van der Waals surface area (Å²) in [6, 6.07) is 5.67. The molecule has 0 saturated carbocycles. The van der Waals surface area contributed by atoms with E-state index in [0.29, 0.717) is 18.6 Å². The number of methoxy groups -OCH3 is 1. The second kappa shape index (κ2) is 7.18. The normalized spacial score (nSPS) is 16.5. The number of piperidine rings is 1. The van der Waals surface area contributed by atoms with E-state index < -0.39 is 0 Å². The molecule has 1 saturated heterocycles. The van der Waals surface area contributed by atoms with Gasteiger partial charge in [-0.05, 0) is 32.0 Å². The van der Waals surface area contributed by atoms with Crippen LogP contribution < -0.4 is 15.4 Å². The highest BCUT2D eigenvalue weighted by atomic mass is 16.5. The van der Waals surface area contributed by atoms with Crippen molar-refractivity contribution in [2.24, 2.45) is 0 Å². The second-order valence-corrected chi connectivity index (χ2v) is 4.31. The highest BCUT2D eigenvalue weighted by molar-refractivity contribution is 5.36. The van der Waals surface area contributed by atoms with Crippen LogP contribution in [-0.4, -0.2) is 44.4 Å². The maximum atomic E-state index is 5.80. The lowest BCUT2D eigenvalue weighted by Gasteiger charge is -2.23. The van der Waals surface area contributed by atoms with Crippen molar-refractivity contribution in [2.45, 2.75) is 18.9 Å². The highest BCUT2D eigenvalue weighted by Crippen LogP contribution is 2.10. The molecule has 0 atom stereocenters. The first-order valence-corrected chi connectivity index (χ1v) is 6.46. The number of nitrogens with one attached hydrogen (secondary N) is 2. The average molecular weight is 251 g/mol. The largest absolute Gasteiger partial charge is 0.481 e. The lowest BCUT2D eigenvalue weighted by atomic mass is 10.1. The van der Waals surface area contributed by atoms with Crippen LogP contribution in [0.4, 0.5) is 5.82 Å². The lowest BCUT2D eigenvalue weighted by Crippen LogP contribution is -2.33. The molecular weight excluding hydrogens is 230 g/mol. The van der Waals surface area contributed by atoms with Crippen molar-refractivity contribution in [1.82, 2.24) is 10.3 Å². The molecule has 0 unspecified atom stereocenters. The molecule has 2 rings (SSSR count). The molecular formula is C13H21N3O2. The molecule has 1 aromatic heterocycles. The molecule has 5 nitrogen and oxygen atoms in total. The molecule has 5 heteroatoms. The van der Waals surface area contributed by atoms with Gasteiger partial charge in [0, 0.05) is 12.6 Å². The molecule has 0 aliphatic carbocycles. The molecule has 1 aliphatic heterocycles. The number of rotatable bonds is 6. The summed E-state index contributed by atoms with van der Waals surface area (Å²) in [5.41, 5.74) is 0. The molecule has 1 aliphatic rings. The summed E-state index contributed by atoms with van der Waals surface area (Å²) in [5, 5.41) is 6.55. The predicted octanol–water partition coefficient (Wildman–Crippen LogP) is 1.27. The first-order valence-electron chi connectivity index (χ1n) is 6.46. The number of ether oxygens (including phenoxy) is 2. The molecule has 0 radical (unpaired) electrons. The zero-order valence-corrected chi connectivity index (χ0v) is 10.8. The van der Waals surface area contributed by atoms with Crippen LogP contribution in [-0.2, 0) is 4.74 Å². The summed E-state index contributed by atoms with van der Waals surface area (Å²) in [7, 11) is 1.62. The molecule has 0 aromatic carbocycles. The van der Waals surface area contributed by atoms with Gasteiger partial charge in [-0.2, -0.15) is 4.98 Å². The van der Waals surface area contributed by atoms with Crippen LogP contribution in [0.2, 0.25) is 0 Å². The van der Waals surface area contributed by atoms with Gasteiger partial charge in [0.25, 0.3) is 0 Å². The Morgan fingerprint density at radius 1 is 1.39 bits per heavy atom. The van der Waals surface area contributed by atoms with E-state index in [1.807, 2.05) is 18.2 Å². The van der Waals surface area contributed by atoms with Crippen LogP contribution in [0.25, 0.3) is 0 Å². The van der Waals surface area contributed by atoms with Crippen molar-refractivity contribution >= 4 is 5.82 Å². The molecule has 18 heavy (non-hydrogen) atoms. The summed E-state index contributed by atoms with van der Waals surface area (Å²) < 4.78 is 10.9. The Bertz CT molecular complexity index is 354. The zero-order chi connectivity index (χ0) is 12.6. The molecule has 1 fully saturated rings. The molecule has 2 N–H and O–H groups in total. The van der Waals surface area contributed by atoms with Gasteiger partial charge in [0.1, 0.15) is 5.82 Å². The van der Waals surface area contributed by atoms with Crippen LogP contribution in [0.1, 0.15) is 12.8 Å². The van der Waals surface area contributed by atoms with Crippen molar-refractivity contribution < 1.29 is 9.47 Å². The molecule has 2 heterocycles. The smallest absolute Gasteiger partial charge is 0.214 e. The number of aromatic nitrogens is 1. The van der Waals surface area contributed by atoms with Crippen LogP contribution >= 0.6 is 0 Å². The fraction of sp³-hybridized carbons (Fsp3) is 0.615. The summed E-state index contributed by atoms with van der Waals surface area (Å²) in [4.78, 5) is 4.28. The van der Waals surface area contributed by atoms with Crippen LogP contribution in [0, 0.1) is 0 Å². The van der Waals surface area contributed by atoms with Crippen molar-refractivity contribution in [2.75, 3.05) is 38.7 Å². The number of hydrogen-bond acceptors (Lipinski definition) is 5. The molecule has 1 aromatic rings. The fourth-order valence-corrected chi connectivity index (χ4v) is 1.99. The number of nitrogens with zero attached hydrogens (tertiary/aromatic N) is 1. The Morgan fingerprint density at radius 2 is 2.22 bits per heavy atom. The van der Waals surface area contributed by atoms with E-state index in [1.165, 1.54) is 0 Å². The van der Waals surface area contributed by atoms with E-state index in [0.717, 1.165) is 38.3 Å². The summed E-state index contributed by atoms with van der Waals surface area (Å²) in [6.45, 7) is 3.61. The first kappa shape index (κ1) is 13.1. The second-order valence-electron chi connectivity index (χ2n) is 4.31. The SMILES string of the molecule is COc1cccc(NCCOC2CCNCC2)n1. The molecule has 0 bridgehead atoms. The molecule has 100 valence electrons. The molecule has 0 spiro atoms. The Hall–Kier alpha value is -1.33. The maximum absolute atomic E-state index is 5.80. The van der Waals surface area contributed by atoms with E-state index in [9.17, 15) is 0 Å². The van der Waals surface area contributed by atoms with E-state index in [1.54, 1.807) is 7.11 Å². The van der Waals surface area contributed by atoms with Gasteiger partial charge in [-0.1, -0.05) is 6.07 Å². The van der Waals surface area contributed by atoms with Crippen LogP contribution in [0.5, 0.6) is 5.88 Å². The van der Waals surface area contributed by atoms with Crippen molar-refractivity contribution in [3.8, 4) is 5.88 Å². The number of hydrogen-bond donors (Lipinski definition) is 2. The topological polar surface area (TPSA) is 55.4 Å². The molecule has 0 amide bonds. The van der Waals surface area contributed by atoms with E-state index in [-0.39, 0.29) is 0 Å². The quantitative estimate of drug-likeness (QED) is 0.746. The van der Waals surface area contributed by atoms with E-state index >= 15 is 0 Å². The summed E-state index contributed by atoms with van der Waals surface area (Å²) in [5.74, 6) is 1.45. The standard InChI is InChI=1S/C13H21N3O2/c1-17-13-4-2-3-12(16-13)15-9-10-18-11-5-7-14-8-6-11/h2-4,11,14H,5-10H2,1H3,(H,15,16). The number of pyridine rings is 1. The summed E-state index contributed by atoms with van der Waals surface area (Å²) >= 11 is 0. The monoisotopic (exact) mass is 251 g/mol. The van der Waals surface area contributed by atoms with Gasteiger partial charge in [0.2, 0.25) is 5.88 Å². The van der Waals surface area contributed by atoms with Gasteiger partial charge in [-0.3, -0.25) is 0 Å². The minimum atomic E-state index is 0.409. The van der Waals surface area contributed by atoms with Gasteiger partial charge < -0.3 is 20.1 Å². The Labute approximate surface area is 108 Å². The third kappa shape index (κ3) is 4.16. The minimum absolute atomic E-state index is 0.409. The van der Waals surface area contributed by atoms with Gasteiger partial charge in [0.05, 0.1) is 19.8 Å². The maximum Gasteiger partial charge on any atom is 0.214 e. The number of anilines is 1. The zero-order valence-electron chi connectivity index (χ0n) is 10.8.